The van der Waals surface area contributed by atoms with Crippen LogP contribution in [0.3, 0.4) is 0 Å². The Morgan fingerprint density at radius 3 is 2.36 bits per heavy atom. The second-order valence-electron chi connectivity index (χ2n) is 5.42. The molecule has 2 rings (SSSR count). The topological polar surface area (TPSA) is 41.5 Å². The third-order valence-electron chi connectivity index (χ3n) is 3.28. The normalized spacial score (nSPS) is 11.1. The lowest BCUT2D eigenvalue weighted by atomic mass is 10.0. The number of carbonyl (C=O) groups excluding carboxylic acids is 1. The third kappa shape index (κ3) is 5.11. The molecule has 0 atom stereocenters. The van der Waals surface area contributed by atoms with Gasteiger partial charge in [0.05, 0.1) is 12.6 Å². The summed E-state index contributed by atoms with van der Waals surface area (Å²) in [6, 6.07) is 15.8. The summed E-state index contributed by atoms with van der Waals surface area (Å²) < 4.78 is 1.000. The van der Waals surface area contributed by atoms with Crippen LogP contribution < -0.4 is 5.43 Å². The Morgan fingerprint density at radius 2 is 1.77 bits per heavy atom. The molecule has 0 fully saturated rings. The summed E-state index contributed by atoms with van der Waals surface area (Å²) in [4.78, 5) is 11.8. The highest BCUT2D eigenvalue weighted by molar-refractivity contribution is 9.10. The number of halogens is 1. The first-order valence-electron chi connectivity index (χ1n) is 7.21. The van der Waals surface area contributed by atoms with Crippen molar-refractivity contribution in [2.75, 3.05) is 0 Å². The summed E-state index contributed by atoms with van der Waals surface area (Å²) >= 11 is 3.37. The molecule has 0 radical (unpaired) electrons. The average Bonchev–Trinajstić information content (AvgIpc) is 2.50. The maximum atomic E-state index is 11.8. The zero-order chi connectivity index (χ0) is 15.9. The van der Waals surface area contributed by atoms with Gasteiger partial charge in [0.25, 0.3) is 0 Å². The van der Waals surface area contributed by atoms with Crippen LogP contribution in [0.4, 0.5) is 0 Å². The highest BCUT2D eigenvalue weighted by atomic mass is 79.9. The number of rotatable bonds is 5. The number of hydrogen-bond acceptors (Lipinski definition) is 2. The molecule has 114 valence electrons. The summed E-state index contributed by atoms with van der Waals surface area (Å²) in [6.07, 6.45) is 1.97. The summed E-state index contributed by atoms with van der Waals surface area (Å²) in [6.45, 7) is 4.32. The van der Waals surface area contributed by atoms with Crippen molar-refractivity contribution < 1.29 is 4.79 Å². The molecular weight excluding hydrogens is 340 g/mol. The first kappa shape index (κ1) is 16.4. The van der Waals surface area contributed by atoms with E-state index in [9.17, 15) is 4.79 Å². The summed E-state index contributed by atoms with van der Waals surface area (Å²) in [5.41, 5.74) is 5.76. The average molecular weight is 359 g/mol. The van der Waals surface area contributed by atoms with Crippen LogP contribution in [0.5, 0.6) is 0 Å². The van der Waals surface area contributed by atoms with E-state index in [2.05, 4.69) is 52.4 Å². The summed E-state index contributed by atoms with van der Waals surface area (Å²) in [5, 5.41) is 4.00. The predicted molar refractivity (Wildman–Crippen MR) is 94.1 cm³/mol. The number of benzene rings is 2. The van der Waals surface area contributed by atoms with Crippen LogP contribution in [-0.2, 0) is 11.2 Å². The molecule has 0 aliphatic heterocycles. The Labute approximate surface area is 139 Å². The second-order valence-corrected chi connectivity index (χ2v) is 6.33. The van der Waals surface area contributed by atoms with Crippen molar-refractivity contribution in [1.29, 1.82) is 0 Å². The molecule has 0 aliphatic rings. The third-order valence-corrected chi connectivity index (χ3v) is 3.81. The maximum absolute atomic E-state index is 11.8. The highest BCUT2D eigenvalue weighted by Gasteiger charge is 2.02. The summed E-state index contributed by atoms with van der Waals surface area (Å²) in [5.74, 6) is 0.383. The molecule has 0 heterocycles. The molecule has 0 saturated heterocycles. The van der Waals surface area contributed by atoms with E-state index in [1.165, 1.54) is 5.56 Å². The van der Waals surface area contributed by atoms with Gasteiger partial charge in [0.2, 0.25) is 5.91 Å². The van der Waals surface area contributed by atoms with Gasteiger partial charge in [-0.25, -0.2) is 5.43 Å². The number of nitrogens with one attached hydrogen (secondary N) is 1. The van der Waals surface area contributed by atoms with Gasteiger partial charge in [0, 0.05) is 4.47 Å². The van der Waals surface area contributed by atoms with E-state index in [1.54, 1.807) is 6.21 Å². The minimum atomic E-state index is -0.127. The first-order valence-corrected chi connectivity index (χ1v) is 8.00. The van der Waals surface area contributed by atoms with Crippen molar-refractivity contribution in [1.82, 2.24) is 5.43 Å². The Kier molecular flexibility index (Phi) is 5.90. The van der Waals surface area contributed by atoms with Crippen LogP contribution >= 0.6 is 15.9 Å². The van der Waals surface area contributed by atoms with Crippen LogP contribution in [0.15, 0.2) is 58.1 Å². The first-order chi connectivity index (χ1) is 10.5. The predicted octanol–water partition coefficient (Wildman–Crippen LogP) is 4.27. The van der Waals surface area contributed by atoms with E-state index in [0.717, 1.165) is 15.6 Å². The van der Waals surface area contributed by atoms with Gasteiger partial charge in [0.1, 0.15) is 0 Å². The lowest BCUT2D eigenvalue weighted by molar-refractivity contribution is -0.120. The zero-order valence-electron chi connectivity index (χ0n) is 12.7. The fraction of sp³-hybridized carbons (Fsp3) is 0.222. The number of amides is 1. The van der Waals surface area contributed by atoms with Crippen molar-refractivity contribution in [3.05, 3.63) is 69.7 Å². The van der Waals surface area contributed by atoms with E-state index < -0.39 is 0 Å². The van der Waals surface area contributed by atoms with Gasteiger partial charge in [-0.3, -0.25) is 4.79 Å². The van der Waals surface area contributed by atoms with Gasteiger partial charge < -0.3 is 0 Å². The molecule has 2 aromatic rings. The van der Waals surface area contributed by atoms with Crippen LogP contribution in [0, 0.1) is 0 Å². The standard InChI is InChI=1S/C18H19BrN2O/c1-13(2)16-7-3-15(4-8-16)12-20-21-18(22)11-14-5-9-17(19)10-6-14/h3-10,12-13H,11H2,1-2H3,(H,21,22). The Bertz CT molecular complexity index is 646. The number of nitrogens with zero attached hydrogens (tertiary/aromatic N) is 1. The fourth-order valence-corrected chi connectivity index (χ4v) is 2.24. The van der Waals surface area contributed by atoms with Crippen molar-refractivity contribution in [2.45, 2.75) is 26.2 Å². The van der Waals surface area contributed by atoms with Crippen LogP contribution in [0.2, 0.25) is 0 Å². The van der Waals surface area contributed by atoms with E-state index in [0.29, 0.717) is 12.3 Å². The largest absolute Gasteiger partial charge is 0.273 e. The molecule has 0 aliphatic carbocycles. The quantitative estimate of drug-likeness (QED) is 0.629. The number of hydrazone groups is 1. The van der Waals surface area contributed by atoms with Gasteiger partial charge >= 0.3 is 0 Å². The zero-order valence-corrected chi connectivity index (χ0v) is 14.3. The molecule has 1 amide bonds. The van der Waals surface area contributed by atoms with Crippen LogP contribution in [-0.4, -0.2) is 12.1 Å². The van der Waals surface area contributed by atoms with Crippen molar-refractivity contribution in [3.63, 3.8) is 0 Å². The minimum absolute atomic E-state index is 0.127. The molecule has 22 heavy (non-hydrogen) atoms. The highest BCUT2D eigenvalue weighted by Crippen LogP contribution is 2.14. The molecule has 1 N–H and O–H groups in total. The fourth-order valence-electron chi connectivity index (χ4n) is 1.97. The van der Waals surface area contributed by atoms with E-state index >= 15 is 0 Å². The second kappa shape index (κ2) is 7.90. The lowest BCUT2D eigenvalue weighted by Crippen LogP contribution is -2.19. The molecule has 0 spiro atoms. The Morgan fingerprint density at radius 1 is 1.14 bits per heavy atom. The molecule has 0 aromatic heterocycles. The monoisotopic (exact) mass is 358 g/mol. The van der Waals surface area contributed by atoms with E-state index in [4.69, 9.17) is 0 Å². The Hall–Kier alpha value is -1.94. The molecule has 0 bridgehead atoms. The molecule has 3 nitrogen and oxygen atoms in total. The minimum Gasteiger partial charge on any atom is -0.273 e. The van der Waals surface area contributed by atoms with Crippen LogP contribution in [0.1, 0.15) is 36.5 Å². The lowest BCUT2D eigenvalue weighted by Gasteiger charge is -2.04. The van der Waals surface area contributed by atoms with Crippen molar-refractivity contribution in [3.8, 4) is 0 Å². The van der Waals surface area contributed by atoms with Gasteiger partial charge in [-0.15, -0.1) is 0 Å². The van der Waals surface area contributed by atoms with Crippen LogP contribution in [0.25, 0.3) is 0 Å². The smallest absolute Gasteiger partial charge is 0.244 e. The van der Waals surface area contributed by atoms with Gasteiger partial charge in [-0.05, 0) is 34.7 Å². The van der Waals surface area contributed by atoms with E-state index in [-0.39, 0.29) is 5.91 Å². The summed E-state index contributed by atoms with van der Waals surface area (Å²) in [7, 11) is 0. The number of hydrogen-bond donors (Lipinski definition) is 1. The number of carbonyl (C=O) groups is 1. The molecule has 4 heteroatoms. The van der Waals surface area contributed by atoms with Gasteiger partial charge in [-0.2, -0.15) is 5.10 Å². The molecular formula is C18H19BrN2O. The molecule has 0 unspecified atom stereocenters. The Balaban J connectivity index is 1.86. The molecule has 0 saturated carbocycles. The molecule has 2 aromatic carbocycles. The van der Waals surface area contributed by atoms with E-state index in [1.807, 2.05) is 36.4 Å². The van der Waals surface area contributed by atoms with Gasteiger partial charge in [0.15, 0.2) is 0 Å². The SMILES string of the molecule is CC(C)c1ccc(C=NNC(=O)Cc2ccc(Br)cc2)cc1. The van der Waals surface area contributed by atoms with Crippen molar-refractivity contribution >= 4 is 28.1 Å². The maximum Gasteiger partial charge on any atom is 0.244 e. The van der Waals surface area contributed by atoms with Gasteiger partial charge in [-0.1, -0.05) is 66.2 Å². The van der Waals surface area contributed by atoms with Crippen molar-refractivity contribution in [2.24, 2.45) is 5.10 Å².